The van der Waals surface area contributed by atoms with Crippen molar-refractivity contribution in [3.8, 4) is 0 Å². The second-order valence-corrected chi connectivity index (χ2v) is 10.8. The predicted octanol–water partition coefficient (Wildman–Crippen LogP) is 4.75. The zero-order chi connectivity index (χ0) is 32.7. The monoisotopic (exact) mass is 636 g/mol. The number of rotatable bonds is 7. The van der Waals surface area contributed by atoms with Crippen molar-refractivity contribution in [2.75, 3.05) is 4.90 Å². The van der Waals surface area contributed by atoms with Crippen LogP contribution in [0, 0.1) is 5.95 Å². The standard InChI is InChI=1S/C30H23F7N4O4/c31-24-7-3-4-19(38-24)13-25(43)40-28(8-9-28)27(45)39-21-14-23(42)20-5-1-2-6-22(20)41(26(21)44)15-16-10-17(29(32,33)34)12-18(11-16)30(35,36)37/h1-7,10-12,21H,8-9,13-15H2,(H,39,45)(H,40,43)/t21-/m1/s1. The molecule has 5 rings (SSSR count). The van der Waals surface area contributed by atoms with Gasteiger partial charge in [0.2, 0.25) is 23.7 Å². The van der Waals surface area contributed by atoms with Gasteiger partial charge in [-0.2, -0.15) is 30.7 Å². The van der Waals surface area contributed by atoms with Crippen LogP contribution in [0.3, 0.4) is 0 Å². The molecule has 236 valence electrons. The number of Topliss-reactive ketones (excluding diaryl/α,β-unsaturated/α-hetero) is 1. The van der Waals surface area contributed by atoms with Crippen LogP contribution in [-0.2, 0) is 39.7 Å². The van der Waals surface area contributed by atoms with Crippen LogP contribution in [0.4, 0.5) is 36.4 Å². The van der Waals surface area contributed by atoms with Gasteiger partial charge in [0, 0.05) is 12.0 Å². The number of nitrogens with one attached hydrogen (secondary N) is 2. The number of pyridine rings is 1. The molecule has 1 aliphatic carbocycles. The molecule has 2 aliphatic rings. The van der Waals surface area contributed by atoms with E-state index in [0.717, 1.165) is 11.0 Å². The van der Waals surface area contributed by atoms with E-state index < -0.39 is 83.0 Å². The maximum absolute atomic E-state index is 13.8. The van der Waals surface area contributed by atoms with Gasteiger partial charge >= 0.3 is 12.4 Å². The molecule has 1 aromatic heterocycles. The van der Waals surface area contributed by atoms with Crippen LogP contribution in [0.25, 0.3) is 0 Å². The van der Waals surface area contributed by atoms with Crippen molar-refractivity contribution in [1.29, 1.82) is 0 Å². The number of carbonyl (C=O) groups excluding carboxylic acids is 4. The Morgan fingerprint density at radius 1 is 0.911 bits per heavy atom. The number of hydrogen-bond donors (Lipinski definition) is 2. The Balaban J connectivity index is 1.41. The van der Waals surface area contributed by atoms with Gasteiger partial charge in [0.15, 0.2) is 5.78 Å². The number of ketones is 1. The summed E-state index contributed by atoms with van der Waals surface area (Å²) >= 11 is 0. The second kappa shape index (κ2) is 11.6. The third-order valence-corrected chi connectivity index (χ3v) is 7.42. The Hall–Kier alpha value is -4.82. The van der Waals surface area contributed by atoms with Crippen molar-refractivity contribution in [3.63, 3.8) is 0 Å². The van der Waals surface area contributed by atoms with Crippen LogP contribution in [-0.4, -0.2) is 40.1 Å². The lowest BCUT2D eigenvalue weighted by atomic mass is 10.0. The van der Waals surface area contributed by atoms with E-state index in [2.05, 4.69) is 15.6 Å². The van der Waals surface area contributed by atoms with Gasteiger partial charge < -0.3 is 15.5 Å². The van der Waals surface area contributed by atoms with E-state index in [1.807, 2.05) is 0 Å². The molecule has 3 amide bonds. The first-order valence-electron chi connectivity index (χ1n) is 13.5. The molecule has 1 saturated carbocycles. The Bertz CT molecular complexity index is 1650. The van der Waals surface area contributed by atoms with Crippen LogP contribution in [0.2, 0.25) is 0 Å². The highest BCUT2D eigenvalue weighted by Crippen LogP contribution is 2.38. The number of alkyl halides is 6. The zero-order valence-corrected chi connectivity index (χ0v) is 23.1. The molecule has 8 nitrogen and oxygen atoms in total. The molecule has 45 heavy (non-hydrogen) atoms. The average molecular weight is 637 g/mol. The van der Waals surface area contributed by atoms with E-state index in [0.29, 0.717) is 12.1 Å². The molecule has 2 N–H and O–H groups in total. The first-order valence-corrected chi connectivity index (χ1v) is 13.5. The molecule has 0 spiro atoms. The topological polar surface area (TPSA) is 108 Å². The molecular formula is C30H23F7N4O4. The van der Waals surface area contributed by atoms with Crippen LogP contribution in [0.15, 0.2) is 60.7 Å². The Morgan fingerprint density at radius 3 is 2.16 bits per heavy atom. The SMILES string of the molecule is O=C(Cc1cccc(F)n1)NC1(C(=O)N[C@@H]2CC(=O)c3ccccc3N(Cc3cc(C(F)(F)F)cc(C(F)(F)F)c3)C2=O)CC1. The third kappa shape index (κ3) is 6.97. The fraction of sp³-hybridized carbons (Fsp3) is 0.300. The number of hydrogen-bond acceptors (Lipinski definition) is 5. The van der Waals surface area contributed by atoms with Crippen molar-refractivity contribution in [3.05, 3.63) is 94.6 Å². The van der Waals surface area contributed by atoms with E-state index >= 15 is 0 Å². The van der Waals surface area contributed by atoms with Crippen molar-refractivity contribution in [2.45, 2.75) is 56.2 Å². The highest BCUT2D eigenvalue weighted by molar-refractivity contribution is 6.13. The number of fused-ring (bicyclic) bond motifs is 1. The number of anilines is 1. The van der Waals surface area contributed by atoms with Gasteiger partial charge in [-0.05, 0) is 60.9 Å². The van der Waals surface area contributed by atoms with Gasteiger partial charge in [-0.1, -0.05) is 18.2 Å². The number of carbonyl (C=O) groups is 4. The molecule has 1 aliphatic heterocycles. The van der Waals surface area contributed by atoms with Crippen LogP contribution < -0.4 is 15.5 Å². The quantitative estimate of drug-likeness (QED) is 0.288. The lowest BCUT2D eigenvalue weighted by Gasteiger charge is -2.28. The minimum atomic E-state index is -5.13. The zero-order valence-electron chi connectivity index (χ0n) is 23.1. The summed E-state index contributed by atoms with van der Waals surface area (Å²) in [4.78, 5) is 57.3. The maximum atomic E-state index is 13.8. The minimum Gasteiger partial charge on any atom is -0.342 e. The largest absolute Gasteiger partial charge is 0.416 e. The number of nitrogens with zero attached hydrogens (tertiary/aromatic N) is 2. The summed E-state index contributed by atoms with van der Waals surface area (Å²) in [6, 6.07) is 8.76. The maximum Gasteiger partial charge on any atom is 0.416 e. The van der Waals surface area contributed by atoms with Crippen LogP contribution in [0.5, 0.6) is 0 Å². The van der Waals surface area contributed by atoms with Gasteiger partial charge in [0.25, 0.3) is 0 Å². The number of amides is 3. The second-order valence-electron chi connectivity index (χ2n) is 10.8. The summed E-state index contributed by atoms with van der Waals surface area (Å²) in [5, 5.41) is 4.98. The minimum absolute atomic E-state index is 0.0253. The predicted molar refractivity (Wildman–Crippen MR) is 143 cm³/mol. The Kier molecular flexibility index (Phi) is 8.14. The van der Waals surface area contributed by atoms with E-state index in [4.69, 9.17) is 0 Å². The molecule has 2 aromatic carbocycles. The summed E-state index contributed by atoms with van der Waals surface area (Å²) in [6.07, 6.45) is -10.8. The van der Waals surface area contributed by atoms with Crippen molar-refractivity contribution >= 4 is 29.2 Å². The summed E-state index contributed by atoms with van der Waals surface area (Å²) in [7, 11) is 0. The first kappa shape index (κ1) is 31.6. The van der Waals surface area contributed by atoms with Gasteiger partial charge in [0.05, 0.1) is 35.5 Å². The summed E-state index contributed by atoms with van der Waals surface area (Å²) in [6.45, 7) is -0.787. The van der Waals surface area contributed by atoms with Crippen LogP contribution in [0.1, 0.15) is 52.0 Å². The van der Waals surface area contributed by atoms with E-state index in [1.54, 1.807) is 0 Å². The molecule has 2 heterocycles. The van der Waals surface area contributed by atoms with Crippen molar-refractivity contribution < 1.29 is 49.9 Å². The highest BCUT2D eigenvalue weighted by Gasteiger charge is 2.52. The normalized spacial score (nSPS) is 17.8. The first-order chi connectivity index (χ1) is 21.1. The molecule has 0 saturated heterocycles. The highest BCUT2D eigenvalue weighted by atomic mass is 19.4. The number of para-hydroxylation sites is 1. The third-order valence-electron chi connectivity index (χ3n) is 7.42. The smallest absolute Gasteiger partial charge is 0.342 e. The average Bonchev–Trinajstić information content (AvgIpc) is 3.75. The van der Waals surface area contributed by atoms with Crippen molar-refractivity contribution in [2.24, 2.45) is 0 Å². The Labute approximate surface area is 250 Å². The molecule has 15 heteroatoms. The van der Waals surface area contributed by atoms with E-state index in [-0.39, 0.29) is 42.3 Å². The summed E-state index contributed by atoms with van der Waals surface area (Å²) in [5.41, 5.74) is -5.11. The van der Waals surface area contributed by atoms with Gasteiger partial charge in [-0.25, -0.2) is 4.98 Å². The number of aromatic nitrogens is 1. The summed E-state index contributed by atoms with van der Waals surface area (Å²) in [5.74, 6) is -3.86. The van der Waals surface area contributed by atoms with Gasteiger partial charge in [0.1, 0.15) is 11.6 Å². The van der Waals surface area contributed by atoms with Crippen molar-refractivity contribution in [1.82, 2.24) is 15.6 Å². The lowest BCUT2D eigenvalue weighted by Crippen LogP contribution is -2.55. The molecule has 1 fully saturated rings. The lowest BCUT2D eigenvalue weighted by molar-refractivity contribution is -0.143. The molecule has 1 atom stereocenters. The van der Waals surface area contributed by atoms with Gasteiger partial charge in [-0.15, -0.1) is 0 Å². The Morgan fingerprint density at radius 2 is 1.56 bits per heavy atom. The van der Waals surface area contributed by atoms with Crippen LogP contribution >= 0.6 is 0 Å². The summed E-state index contributed by atoms with van der Waals surface area (Å²) < 4.78 is 94.5. The molecule has 3 aromatic rings. The number of benzene rings is 2. The van der Waals surface area contributed by atoms with E-state index in [1.165, 1.54) is 36.4 Å². The van der Waals surface area contributed by atoms with Gasteiger partial charge in [-0.3, -0.25) is 19.2 Å². The van der Waals surface area contributed by atoms with E-state index in [9.17, 15) is 49.9 Å². The molecule has 0 radical (unpaired) electrons. The number of halogens is 7. The molecule has 0 bridgehead atoms. The fourth-order valence-electron chi connectivity index (χ4n) is 5.06. The molecular weight excluding hydrogens is 613 g/mol. The fourth-order valence-corrected chi connectivity index (χ4v) is 5.06. The molecule has 0 unspecified atom stereocenters.